The van der Waals surface area contributed by atoms with E-state index in [1.54, 1.807) is 12.3 Å². The Hall–Kier alpha value is -2.49. The highest BCUT2D eigenvalue weighted by Gasteiger charge is 2.03. The Bertz CT molecular complexity index is 725. The second-order valence-electron chi connectivity index (χ2n) is 4.44. The van der Waals surface area contributed by atoms with Gasteiger partial charge >= 0.3 is 0 Å². The molecule has 0 aliphatic carbocycles. The fourth-order valence-electron chi connectivity index (χ4n) is 2.08. The number of benzene rings is 2. The number of ether oxygens (including phenoxy) is 1. The van der Waals surface area contributed by atoms with Gasteiger partial charge in [-0.15, -0.1) is 0 Å². The molecule has 2 aromatic carbocycles. The molecule has 4 heteroatoms. The Morgan fingerprint density at radius 1 is 1.10 bits per heavy atom. The lowest BCUT2D eigenvalue weighted by Crippen LogP contribution is -2.02. The third-order valence-corrected chi connectivity index (χ3v) is 3.05. The van der Waals surface area contributed by atoms with E-state index in [0.29, 0.717) is 13.0 Å². The SMILES string of the molecule is Fc1cccc(CCOc2cccc3ncncc23)c1. The van der Waals surface area contributed by atoms with E-state index in [1.807, 2.05) is 24.3 Å². The lowest BCUT2D eigenvalue weighted by atomic mass is 10.1. The van der Waals surface area contributed by atoms with Gasteiger partial charge in [-0.1, -0.05) is 18.2 Å². The first-order chi connectivity index (χ1) is 9.83. The van der Waals surface area contributed by atoms with Gasteiger partial charge in [-0.2, -0.15) is 0 Å². The van der Waals surface area contributed by atoms with Crippen molar-refractivity contribution in [3.63, 3.8) is 0 Å². The van der Waals surface area contributed by atoms with Crippen molar-refractivity contribution in [2.24, 2.45) is 0 Å². The molecule has 20 heavy (non-hydrogen) atoms. The molecule has 0 spiro atoms. The standard InChI is InChI=1S/C16H13FN2O/c17-13-4-1-3-12(9-13)7-8-20-16-6-2-5-15-14(16)10-18-11-19-15/h1-6,9-11H,7-8H2. The molecule has 1 aromatic heterocycles. The zero-order valence-corrected chi connectivity index (χ0v) is 10.8. The number of halogens is 1. The Balaban J connectivity index is 1.71. The van der Waals surface area contributed by atoms with Crippen molar-refractivity contribution in [2.75, 3.05) is 6.61 Å². The molecular weight excluding hydrogens is 255 g/mol. The van der Waals surface area contributed by atoms with Gasteiger partial charge in [0.05, 0.1) is 17.5 Å². The Morgan fingerprint density at radius 2 is 2.00 bits per heavy atom. The van der Waals surface area contributed by atoms with Crippen LogP contribution in [0.25, 0.3) is 10.9 Å². The highest BCUT2D eigenvalue weighted by molar-refractivity contribution is 5.83. The molecule has 0 saturated carbocycles. The van der Waals surface area contributed by atoms with Crippen LogP contribution >= 0.6 is 0 Å². The van der Waals surface area contributed by atoms with Crippen LogP contribution in [0.4, 0.5) is 4.39 Å². The number of rotatable bonds is 4. The summed E-state index contributed by atoms with van der Waals surface area (Å²) in [4.78, 5) is 8.19. The Labute approximate surface area is 116 Å². The van der Waals surface area contributed by atoms with Gasteiger partial charge in [0.15, 0.2) is 0 Å². The molecule has 0 radical (unpaired) electrons. The molecular formula is C16H13FN2O. The monoisotopic (exact) mass is 268 g/mol. The number of aromatic nitrogens is 2. The van der Waals surface area contributed by atoms with E-state index in [0.717, 1.165) is 22.2 Å². The predicted molar refractivity (Wildman–Crippen MR) is 75.1 cm³/mol. The van der Waals surface area contributed by atoms with Crippen molar-refractivity contribution in [3.8, 4) is 5.75 Å². The summed E-state index contributed by atoms with van der Waals surface area (Å²) < 4.78 is 18.8. The summed E-state index contributed by atoms with van der Waals surface area (Å²) in [5.41, 5.74) is 1.77. The Kier molecular flexibility index (Phi) is 3.54. The van der Waals surface area contributed by atoms with E-state index in [1.165, 1.54) is 18.5 Å². The van der Waals surface area contributed by atoms with Crippen LogP contribution in [0.2, 0.25) is 0 Å². The van der Waals surface area contributed by atoms with Crippen LogP contribution in [0, 0.1) is 5.82 Å². The third-order valence-electron chi connectivity index (χ3n) is 3.05. The summed E-state index contributed by atoms with van der Waals surface area (Å²) in [7, 11) is 0. The van der Waals surface area contributed by atoms with Crippen LogP contribution in [0.3, 0.4) is 0 Å². The quantitative estimate of drug-likeness (QED) is 0.727. The third kappa shape index (κ3) is 2.74. The van der Waals surface area contributed by atoms with Gasteiger partial charge < -0.3 is 4.74 Å². The van der Waals surface area contributed by atoms with Crippen LogP contribution in [0.5, 0.6) is 5.75 Å². The van der Waals surface area contributed by atoms with E-state index in [4.69, 9.17) is 4.74 Å². The topological polar surface area (TPSA) is 35.0 Å². The van der Waals surface area contributed by atoms with Crippen LogP contribution in [0.15, 0.2) is 55.0 Å². The maximum Gasteiger partial charge on any atom is 0.130 e. The lowest BCUT2D eigenvalue weighted by Gasteiger charge is -2.08. The number of hydrogen-bond donors (Lipinski definition) is 0. The average Bonchev–Trinajstić information content (AvgIpc) is 2.48. The molecule has 0 bridgehead atoms. The number of hydrogen-bond acceptors (Lipinski definition) is 3. The molecule has 0 amide bonds. The maximum absolute atomic E-state index is 13.1. The summed E-state index contributed by atoms with van der Waals surface area (Å²) in [6.45, 7) is 0.484. The molecule has 0 unspecified atom stereocenters. The van der Waals surface area contributed by atoms with Crippen molar-refractivity contribution < 1.29 is 9.13 Å². The van der Waals surface area contributed by atoms with Crippen molar-refractivity contribution >= 4 is 10.9 Å². The second kappa shape index (κ2) is 5.65. The summed E-state index contributed by atoms with van der Waals surface area (Å²) >= 11 is 0. The average molecular weight is 268 g/mol. The minimum Gasteiger partial charge on any atom is -0.492 e. The molecule has 100 valence electrons. The van der Waals surface area contributed by atoms with Gasteiger partial charge in [-0.3, -0.25) is 0 Å². The molecule has 0 N–H and O–H groups in total. The van der Waals surface area contributed by atoms with E-state index in [2.05, 4.69) is 9.97 Å². The summed E-state index contributed by atoms with van der Waals surface area (Å²) in [6.07, 6.45) is 3.90. The van der Waals surface area contributed by atoms with E-state index in [9.17, 15) is 4.39 Å². The molecule has 3 rings (SSSR count). The van der Waals surface area contributed by atoms with Gasteiger partial charge in [0, 0.05) is 12.6 Å². The molecule has 0 aliphatic rings. The second-order valence-corrected chi connectivity index (χ2v) is 4.44. The first kappa shape index (κ1) is 12.5. The summed E-state index contributed by atoms with van der Waals surface area (Å²) in [5, 5.41) is 0.884. The zero-order chi connectivity index (χ0) is 13.8. The largest absolute Gasteiger partial charge is 0.492 e. The van der Waals surface area contributed by atoms with E-state index in [-0.39, 0.29) is 5.82 Å². The first-order valence-corrected chi connectivity index (χ1v) is 6.39. The van der Waals surface area contributed by atoms with Crippen molar-refractivity contribution in [1.82, 2.24) is 9.97 Å². The molecule has 0 fully saturated rings. The highest BCUT2D eigenvalue weighted by atomic mass is 19.1. The summed E-state index contributed by atoms with van der Waals surface area (Å²) in [5.74, 6) is 0.528. The van der Waals surface area contributed by atoms with Gasteiger partial charge in [0.1, 0.15) is 17.9 Å². The zero-order valence-electron chi connectivity index (χ0n) is 10.8. The molecule has 0 saturated heterocycles. The maximum atomic E-state index is 13.1. The van der Waals surface area contributed by atoms with E-state index >= 15 is 0 Å². The van der Waals surface area contributed by atoms with Crippen molar-refractivity contribution in [3.05, 3.63) is 66.4 Å². The van der Waals surface area contributed by atoms with Crippen LogP contribution in [-0.2, 0) is 6.42 Å². The van der Waals surface area contributed by atoms with Crippen LogP contribution in [0.1, 0.15) is 5.56 Å². The van der Waals surface area contributed by atoms with Crippen LogP contribution in [-0.4, -0.2) is 16.6 Å². The highest BCUT2D eigenvalue weighted by Crippen LogP contribution is 2.23. The van der Waals surface area contributed by atoms with Gasteiger partial charge in [-0.25, -0.2) is 14.4 Å². The van der Waals surface area contributed by atoms with E-state index < -0.39 is 0 Å². The first-order valence-electron chi connectivity index (χ1n) is 6.39. The van der Waals surface area contributed by atoms with Crippen molar-refractivity contribution in [1.29, 1.82) is 0 Å². The fourth-order valence-corrected chi connectivity index (χ4v) is 2.08. The molecule has 1 heterocycles. The van der Waals surface area contributed by atoms with Gasteiger partial charge in [-0.05, 0) is 29.8 Å². The molecule has 0 aliphatic heterocycles. The molecule has 3 nitrogen and oxygen atoms in total. The van der Waals surface area contributed by atoms with Gasteiger partial charge in [0.2, 0.25) is 0 Å². The van der Waals surface area contributed by atoms with Crippen molar-refractivity contribution in [2.45, 2.75) is 6.42 Å². The number of fused-ring (bicyclic) bond motifs is 1. The lowest BCUT2D eigenvalue weighted by molar-refractivity contribution is 0.325. The molecule has 3 aromatic rings. The van der Waals surface area contributed by atoms with Crippen LogP contribution < -0.4 is 4.74 Å². The van der Waals surface area contributed by atoms with Gasteiger partial charge in [0.25, 0.3) is 0 Å². The number of nitrogens with zero attached hydrogens (tertiary/aromatic N) is 2. The Morgan fingerprint density at radius 3 is 2.90 bits per heavy atom. The predicted octanol–water partition coefficient (Wildman–Crippen LogP) is 3.39. The minimum absolute atomic E-state index is 0.221. The fraction of sp³-hybridized carbons (Fsp3) is 0.125. The normalized spacial score (nSPS) is 10.7. The minimum atomic E-state index is -0.221. The summed E-state index contributed by atoms with van der Waals surface area (Å²) in [6, 6.07) is 12.2. The molecule has 0 atom stereocenters. The smallest absolute Gasteiger partial charge is 0.130 e.